The molecule has 0 bridgehead atoms. The van der Waals surface area contributed by atoms with Gasteiger partial charge in [0.05, 0.1) is 17.4 Å². The molecular formula is C25H26N6O2. The molecule has 8 nitrogen and oxygen atoms in total. The van der Waals surface area contributed by atoms with E-state index in [1.54, 1.807) is 12.1 Å². The lowest BCUT2D eigenvalue weighted by atomic mass is 10.1. The number of anilines is 1. The van der Waals surface area contributed by atoms with Gasteiger partial charge in [-0.1, -0.05) is 6.07 Å². The molecule has 168 valence electrons. The van der Waals surface area contributed by atoms with Crippen molar-refractivity contribution in [1.82, 2.24) is 25.1 Å². The Hall–Kier alpha value is -3.78. The standard InChI is InChI=1S/C25H26N6O2/c1-16-27-15-23(31(16)2)18-5-8-22-19(13-18)14-24(30-29-22)28-25(32)17-3-6-20(7-4-17)33-21-9-11-26-12-10-21/h3-8,13-15,21,26H,9-12H2,1-2H3,(H,28,30,32). The first-order valence-corrected chi connectivity index (χ1v) is 11.1. The second kappa shape index (κ2) is 8.99. The number of carbonyl (C=O) groups is 1. The van der Waals surface area contributed by atoms with Gasteiger partial charge >= 0.3 is 0 Å². The molecule has 1 fully saturated rings. The summed E-state index contributed by atoms with van der Waals surface area (Å²) in [6, 6.07) is 15.0. The topological polar surface area (TPSA) is 94.0 Å². The molecule has 2 aromatic carbocycles. The summed E-state index contributed by atoms with van der Waals surface area (Å²) in [6.45, 7) is 3.91. The van der Waals surface area contributed by atoms with Crippen molar-refractivity contribution in [3.63, 3.8) is 0 Å². The molecule has 0 saturated carbocycles. The number of aromatic nitrogens is 4. The summed E-state index contributed by atoms with van der Waals surface area (Å²) in [4.78, 5) is 17.1. The maximum Gasteiger partial charge on any atom is 0.256 e. The number of benzene rings is 2. The second-order valence-electron chi connectivity index (χ2n) is 8.30. The Labute approximate surface area is 192 Å². The van der Waals surface area contributed by atoms with E-state index in [-0.39, 0.29) is 12.0 Å². The van der Waals surface area contributed by atoms with Crippen molar-refractivity contribution in [2.45, 2.75) is 25.9 Å². The predicted molar refractivity (Wildman–Crippen MR) is 127 cm³/mol. The van der Waals surface area contributed by atoms with Crippen LogP contribution in [0.15, 0.2) is 54.7 Å². The molecule has 3 heterocycles. The number of aryl methyl sites for hydroxylation is 1. The van der Waals surface area contributed by atoms with Crippen molar-refractivity contribution in [3.05, 3.63) is 66.1 Å². The van der Waals surface area contributed by atoms with E-state index in [1.165, 1.54) is 0 Å². The number of imidazole rings is 1. The van der Waals surface area contributed by atoms with Gasteiger partial charge in [-0.05, 0) is 75.3 Å². The van der Waals surface area contributed by atoms with Gasteiger partial charge in [0.1, 0.15) is 17.7 Å². The van der Waals surface area contributed by atoms with Crippen LogP contribution in [0.1, 0.15) is 29.0 Å². The van der Waals surface area contributed by atoms with Gasteiger partial charge in [-0.15, -0.1) is 10.2 Å². The van der Waals surface area contributed by atoms with Crippen LogP contribution in [0.3, 0.4) is 0 Å². The van der Waals surface area contributed by atoms with Crippen molar-refractivity contribution in [3.8, 4) is 17.0 Å². The van der Waals surface area contributed by atoms with Crippen LogP contribution in [0.5, 0.6) is 5.75 Å². The average molecular weight is 443 g/mol. The number of rotatable bonds is 5. The molecule has 0 unspecified atom stereocenters. The maximum atomic E-state index is 12.7. The summed E-state index contributed by atoms with van der Waals surface area (Å²) in [7, 11) is 1.99. The number of piperidine rings is 1. The first-order chi connectivity index (χ1) is 16.1. The Morgan fingerprint density at radius 1 is 1.09 bits per heavy atom. The average Bonchev–Trinajstić information content (AvgIpc) is 3.18. The van der Waals surface area contributed by atoms with E-state index in [2.05, 4.69) is 25.8 Å². The van der Waals surface area contributed by atoms with Crippen LogP contribution in [-0.4, -0.2) is 44.8 Å². The fourth-order valence-corrected chi connectivity index (χ4v) is 4.01. The highest BCUT2D eigenvalue weighted by atomic mass is 16.5. The fourth-order valence-electron chi connectivity index (χ4n) is 4.01. The zero-order valence-electron chi connectivity index (χ0n) is 18.7. The van der Waals surface area contributed by atoms with E-state index in [4.69, 9.17) is 4.74 Å². The van der Waals surface area contributed by atoms with Crippen LogP contribution in [-0.2, 0) is 7.05 Å². The van der Waals surface area contributed by atoms with Gasteiger partial charge in [-0.25, -0.2) is 4.98 Å². The Balaban J connectivity index is 1.30. The smallest absolute Gasteiger partial charge is 0.256 e. The lowest BCUT2D eigenvalue weighted by molar-refractivity contribution is 0.102. The number of hydrogen-bond donors (Lipinski definition) is 2. The van der Waals surface area contributed by atoms with E-state index in [1.807, 2.05) is 61.1 Å². The Morgan fingerprint density at radius 3 is 2.61 bits per heavy atom. The molecule has 1 saturated heterocycles. The molecule has 33 heavy (non-hydrogen) atoms. The second-order valence-corrected chi connectivity index (χ2v) is 8.30. The molecule has 1 aliphatic rings. The van der Waals surface area contributed by atoms with E-state index in [9.17, 15) is 4.79 Å². The number of carbonyl (C=O) groups excluding carboxylic acids is 1. The third kappa shape index (κ3) is 4.56. The van der Waals surface area contributed by atoms with Crippen LogP contribution in [0.2, 0.25) is 0 Å². The van der Waals surface area contributed by atoms with Crippen LogP contribution < -0.4 is 15.4 Å². The lowest BCUT2D eigenvalue weighted by Crippen LogP contribution is -2.34. The predicted octanol–water partition coefficient (Wildman–Crippen LogP) is 3.72. The first kappa shape index (κ1) is 21.1. The lowest BCUT2D eigenvalue weighted by Gasteiger charge is -2.23. The number of amides is 1. The zero-order chi connectivity index (χ0) is 22.8. The van der Waals surface area contributed by atoms with Crippen LogP contribution in [0.25, 0.3) is 22.2 Å². The van der Waals surface area contributed by atoms with Gasteiger partial charge in [0, 0.05) is 23.6 Å². The minimum absolute atomic E-state index is 0.221. The molecule has 0 radical (unpaired) electrons. The van der Waals surface area contributed by atoms with Gasteiger partial charge in [0.15, 0.2) is 5.82 Å². The SMILES string of the molecule is Cc1ncc(-c2ccc3nnc(NC(=O)c4ccc(OC5CCNCC5)cc4)cc3c2)n1C. The fraction of sp³-hybridized carbons (Fsp3) is 0.280. The van der Waals surface area contributed by atoms with Crippen molar-refractivity contribution < 1.29 is 9.53 Å². The molecule has 8 heteroatoms. The molecule has 0 spiro atoms. The van der Waals surface area contributed by atoms with E-state index >= 15 is 0 Å². The highest BCUT2D eigenvalue weighted by Crippen LogP contribution is 2.25. The summed E-state index contributed by atoms with van der Waals surface area (Å²) in [5.41, 5.74) is 3.34. The Kier molecular flexibility index (Phi) is 5.75. The van der Waals surface area contributed by atoms with Crippen molar-refractivity contribution >= 4 is 22.6 Å². The van der Waals surface area contributed by atoms with Gasteiger partial charge in [0.2, 0.25) is 0 Å². The summed E-state index contributed by atoms with van der Waals surface area (Å²) in [5, 5.41) is 15.5. The third-order valence-corrected chi connectivity index (χ3v) is 6.05. The normalized spacial score (nSPS) is 14.4. The van der Waals surface area contributed by atoms with Crippen LogP contribution in [0, 0.1) is 6.92 Å². The highest BCUT2D eigenvalue weighted by molar-refractivity contribution is 6.04. The van der Waals surface area contributed by atoms with Crippen LogP contribution in [0.4, 0.5) is 5.82 Å². The molecule has 1 aliphatic heterocycles. The number of nitrogens with zero attached hydrogens (tertiary/aromatic N) is 4. The van der Waals surface area contributed by atoms with Crippen molar-refractivity contribution in [1.29, 1.82) is 0 Å². The number of fused-ring (bicyclic) bond motifs is 1. The van der Waals surface area contributed by atoms with Gasteiger partial charge in [-0.2, -0.15) is 0 Å². The van der Waals surface area contributed by atoms with Crippen molar-refractivity contribution in [2.75, 3.05) is 18.4 Å². The maximum absolute atomic E-state index is 12.7. The molecule has 4 aromatic rings. The molecule has 0 atom stereocenters. The Bertz CT molecular complexity index is 1290. The van der Waals surface area contributed by atoms with Gasteiger partial charge in [-0.3, -0.25) is 4.79 Å². The minimum Gasteiger partial charge on any atom is -0.490 e. The molecule has 2 aromatic heterocycles. The monoisotopic (exact) mass is 442 g/mol. The van der Waals surface area contributed by atoms with E-state index in [0.717, 1.165) is 59.7 Å². The van der Waals surface area contributed by atoms with Gasteiger partial charge < -0.3 is 19.9 Å². The van der Waals surface area contributed by atoms with E-state index < -0.39 is 0 Å². The molecule has 1 amide bonds. The molecule has 5 rings (SSSR count). The largest absolute Gasteiger partial charge is 0.490 e. The van der Waals surface area contributed by atoms with E-state index in [0.29, 0.717) is 11.4 Å². The van der Waals surface area contributed by atoms with Crippen LogP contribution >= 0.6 is 0 Å². The van der Waals surface area contributed by atoms with Crippen molar-refractivity contribution in [2.24, 2.45) is 7.05 Å². The number of nitrogens with one attached hydrogen (secondary N) is 2. The Morgan fingerprint density at radius 2 is 1.88 bits per heavy atom. The zero-order valence-corrected chi connectivity index (χ0v) is 18.7. The molecular weight excluding hydrogens is 416 g/mol. The minimum atomic E-state index is -0.240. The summed E-state index contributed by atoms with van der Waals surface area (Å²) >= 11 is 0. The highest BCUT2D eigenvalue weighted by Gasteiger charge is 2.15. The third-order valence-electron chi connectivity index (χ3n) is 6.05. The summed E-state index contributed by atoms with van der Waals surface area (Å²) in [5.74, 6) is 1.89. The summed E-state index contributed by atoms with van der Waals surface area (Å²) in [6.07, 6.45) is 4.06. The first-order valence-electron chi connectivity index (χ1n) is 11.1. The van der Waals surface area contributed by atoms with Gasteiger partial charge in [0.25, 0.3) is 5.91 Å². The number of hydrogen-bond acceptors (Lipinski definition) is 6. The quantitative estimate of drug-likeness (QED) is 0.489. The number of ether oxygens (including phenoxy) is 1. The summed E-state index contributed by atoms with van der Waals surface area (Å²) < 4.78 is 8.05. The molecule has 2 N–H and O–H groups in total. The molecule has 0 aliphatic carbocycles.